The molecule has 0 aliphatic rings. The van der Waals surface area contributed by atoms with Crippen molar-refractivity contribution in [1.29, 1.82) is 0 Å². The van der Waals surface area contributed by atoms with Crippen molar-refractivity contribution in [2.75, 3.05) is 31.3 Å². The fourth-order valence-corrected chi connectivity index (χ4v) is 3.60. The fourth-order valence-electron chi connectivity index (χ4n) is 3.60. The van der Waals surface area contributed by atoms with Gasteiger partial charge >= 0.3 is 0 Å². The second-order valence-corrected chi connectivity index (χ2v) is 8.34. The number of aryl methyl sites for hydroxylation is 2. The van der Waals surface area contributed by atoms with Gasteiger partial charge in [-0.15, -0.1) is 0 Å². The smallest absolute Gasteiger partial charge is 0.257 e. The van der Waals surface area contributed by atoms with Crippen molar-refractivity contribution in [2.45, 2.75) is 39.5 Å². The number of furan rings is 1. The molecule has 0 radical (unpaired) electrons. The summed E-state index contributed by atoms with van der Waals surface area (Å²) in [5.41, 5.74) is 0.454. The molecule has 170 valence electrons. The SMILES string of the molecule is Cc1oc(CCCNc2c(Nc3cccc(C(=O)N(C)C)c3O)c(=O)c2=O)cc1C(C)C. The van der Waals surface area contributed by atoms with Crippen LogP contribution in [0, 0.1) is 6.92 Å². The summed E-state index contributed by atoms with van der Waals surface area (Å²) in [5, 5.41) is 16.3. The number of hydrogen-bond acceptors (Lipinski definition) is 7. The monoisotopic (exact) mass is 439 g/mol. The topological polar surface area (TPSA) is 112 Å². The Morgan fingerprint density at radius 3 is 2.47 bits per heavy atom. The second kappa shape index (κ2) is 9.30. The van der Waals surface area contributed by atoms with E-state index in [2.05, 4.69) is 30.5 Å². The van der Waals surface area contributed by atoms with E-state index in [9.17, 15) is 19.5 Å². The van der Waals surface area contributed by atoms with Crippen LogP contribution >= 0.6 is 0 Å². The summed E-state index contributed by atoms with van der Waals surface area (Å²) in [6.45, 7) is 6.66. The minimum absolute atomic E-state index is 0.0793. The maximum atomic E-state index is 12.2. The van der Waals surface area contributed by atoms with Gasteiger partial charge in [0.15, 0.2) is 5.75 Å². The van der Waals surface area contributed by atoms with Crippen molar-refractivity contribution in [2.24, 2.45) is 0 Å². The van der Waals surface area contributed by atoms with E-state index in [0.717, 1.165) is 11.5 Å². The van der Waals surface area contributed by atoms with Crippen LogP contribution in [0.15, 0.2) is 38.3 Å². The van der Waals surface area contributed by atoms with Gasteiger partial charge < -0.3 is 25.1 Å². The van der Waals surface area contributed by atoms with Gasteiger partial charge in [-0.2, -0.15) is 0 Å². The molecule has 2 aromatic carbocycles. The molecule has 0 aliphatic heterocycles. The number of carbonyl (C=O) groups excluding carboxylic acids is 1. The number of benzene rings is 1. The third kappa shape index (κ3) is 4.54. The Labute approximate surface area is 186 Å². The van der Waals surface area contributed by atoms with Gasteiger partial charge in [-0.3, -0.25) is 14.4 Å². The highest BCUT2D eigenvalue weighted by Gasteiger charge is 2.23. The van der Waals surface area contributed by atoms with Crippen molar-refractivity contribution in [1.82, 2.24) is 4.90 Å². The zero-order valence-electron chi connectivity index (χ0n) is 19.0. The maximum Gasteiger partial charge on any atom is 0.257 e. The Bertz CT molecular complexity index is 1200. The molecule has 1 amide bonds. The normalized spacial score (nSPS) is 11.2. The predicted molar refractivity (Wildman–Crippen MR) is 125 cm³/mol. The average Bonchev–Trinajstić information content (AvgIpc) is 3.13. The largest absolute Gasteiger partial charge is 0.505 e. The van der Waals surface area contributed by atoms with Crippen LogP contribution in [-0.2, 0) is 6.42 Å². The molecule has 8 nitrogen and oxygen atoms in total. The molecule has 3 rings (SSSR count). The maximum absolute atomic E-state index is 12.2. The molecule has 1 heterocycles. The average molecular weight is 440 g/mol. The molecule has 0 bridgehead atoms. The van der Waals surface area contributed by atoms with E-state index in [1.54, 1.807) is 20.2 Å². The molecule has 0 fully saturated rings. The molecule has 0 saturated carbocycles. The first kappa shape index (κ1) is 23.1. The molecule has 3 aromatic rings. The van der Waals surface area contributed by atoms with Crippen LogP contribution in [0.1, 0.15) is 53.6 Å². The Hall–Kier alpha value is -3.55. The number of rotatable bonds is 9. The lowest BCUT2D eigenvalue weighted by atomic mass is 10.0. The van der Waals surface area contributed by atoms with Gasteiger partial charge in [0.1, 0.15) is 22.9 Å². The molecule has 0 unspecified atom stereocenters. The van der Waals surface area contributed by atoms with Gasteiger partial charge in [-0.05, 0) is 43.0 Å². The Balaban J connectivity index is 1.66. The van der Waals surface area contributed by atoms with Gasteiger partial charge in [0.25, 0.3) is 16.8 Å². The van der Waals surface area contributed by atoms with Gasteiger partial charge in [0.05, 0.1) is 11.3 Å². The summed E-state index contributed by atoms with van der Waals surface area (Å²) in [6, 6.07) is 6.68. The van der Waals surface area contributed by atoms with Crippen LogP contribution < -0.4 is 21.5 Å². The third-order valence-electron chi connectivity index (χ3n) is 5.37. The fraction of sp³-hybridized carbons (Fsp3) is 0.375. The predicted octanol–water partition coefficient (Wildman–Crippen LogP) is 3.50. The zero-order valence-corrected chi connectivity index (χ0v) is 19.0. The van der Waals surface area contributed by atoms with E-state index in [-0.39, 0.29) is 34.3 Å². The lowest BCUT2D eigenvalue weighted by Gasteiger charge is -2.17. The Morgan fingerprint density at radius 2 is 1.84 bits per heavy atom. The second-order valence-electron chi connectivity index (χ2n) is 8.34. The summed E-state index contributed by atoms with van der Waals surface area (Å²) < 4.78 is 5.79. The zero-order chi connectivity index (χ0) is 23.6. The van der Waals surface area contributed by atoms with Crippen LogP contribution in [-0.4, -0.2) is 36.6 Å². The lowest BCUT2D eigenvalue weighted by molar-refractivity contribution is 0.0824. The summed E-state index contributed by atoms with van der Waals surface area (Å²) in [5.74, 6) is 1.56. The van der Waals surface area contributed by atoms with Crippen molar-refractivity contribution in [3.05, 3.63) is 67.4 Å². The number of nitrogens with zero attached hydrogens (tertiary/aromatic N) is 1. The first-order chi connectivity index (χ1) is 15.1. The molecule has 0 atom stereocenters. The van der Waals surface area contributed by atoms with E-state index < -0.39 is 10.9 Å². The van der Waals surface area contributed by atoms with Crippen molar-refractivity contribution in [3.63, 3.8) is 0 Å². The van der Waals surface area contributed by atoms with Crippen molar-refractivity contribution in [3.8, 4) is 5.75 Å². The van der Waals surface area contributed by atoms with E-state index in [1.807, 2.05) is 6.92 Å². The first-order valence-electron chi connectivity index (χ1n) is 10.6. The number of phenols is 1. The van der Waals surface area contributed by atoms with Crippen LogP contribution in [0.25, 0.3) is 0 Å². The minimum atomic E-state index is -0.667. The highest BCUT2D eigenvalue weighted by Crippen LogP contribution is 2.32. The molecule has 8 heteroatoms. The molecule has 3 N–H and O–H groups in total. The van der Waals surface area contributed by atoms with Gasteiger partial charge in [0.2, 0.25) is 0 Å². The summed E-state index contributed by atoms with van der Waals surface area (Å²) >= 11 is 0. The molecule has 0 aliphatic carbocycles. The molecule has 32 heavy (non-hydrogen) atoms. The van der Waals surface area contributed by atoms with Gasteiger partial charge in [0, 0.05) is 27.1 Å². The molecular weight excluding hydrogens is 410 g/mol. The van der Waals surface area contributed by atoms with Crippen molar-refractivity contribution < 1.29 is 14.3 Å². The number of carbonyl (C=O) groups is 1. The number of anilines is 3. The number of amides is 1. The number of hydrogen-bond donors (Lipinski definition) is 3. The first-order valence-corrected chi connectivity index (χ1v) is 10.6. The third-order valence-corrected chi connectivity index (χ3v) is 5.37. The molecule has 0 saturated heterocycles. The van der Waals surface area contributed by atoms with Crippen LogP contribution in [0.3, 0.4) is 0 Å². The van der Waals surface area contributed by atoms with E-state index in [0.29, 0.717) is 25.3 Å². The van der Waals surface area contributed by atoms with Gasteiger partial charge in [-0.1, -0.05) is 19.9 Å². The molecule has 1 aromatic heterocycles. The number of nitrogens with one attached hydrogen (secondary N) is 2. The highest BCUT2D eigenvalue weighted by molar-refractivity contribution is 5.99. The number of para-hydroxylation sites is 1. The number of aromatic hydroxyl groups is 1. The minimum Gasteiger partial charge on any atom is -0.505 e. The van der Waals surface area contributed by atoms with Crippen LogP contribution in [0.2, 0.25) is 0 Å². The summed E-state index contributed by atoms with van der Waals surface area (Å²) in [4.78, 5) is 37.7. The van der Waals surface area contributed by atoms with E-state index in [4.69, 9.17) is 4.42 Å². The van der Waals surface area contributed by atoms with E-state index >= 15 is 0 Å². The Kier molecular flexibility index (Phi) is 6.72. The molecule has 0 spiro atoms. The quantitative estimate of drug-likeness (QED) is 0.266. The highest BCUT2D eigenvalue weighted by atomic mass is 16.3. The van der Waals surface area contributed by atoms with Crippen molar-refractivity contribution >= 4 is 23.0 Å². The van der Waals surface area contributed by atoms with E-state index in [1.165, 1.54) is 22.6 Å². The Morgan fingerprint density at radius 1 is 1.16 bits per heavy atom. The number of phenolic OH excluding ortho intramolecular Hbond substituents is 1. The lowest BCUT2D eigenvalue weighted by Crippen LogP contribution is -2.36. The van der Waals surface area contributed by atoms with Crippen LogP contribution in [0.5, 0.6) is 5.75 Å². The summed E-state index contributed by atoms with van der Waals surface area (Å²) in [6.07, 6.45) is 1.41. The van der Waals surface area contributed by atoms with Crippen LogP contribution in [0.4, 0.5) is 17.1 Å². The molecular formula is C24H29N3O5. The van der Waals surface area contributed by atoms with Gasteiger partial charge in [-0.25, -0.2) is 0 Å². The summed E-state index contributed by atoms with van der Waals surface area (Å²) in [7, 11) is 3.16. The standard InChI is InChI=1S/C24H29N3O5/c1-13(2)17-12-15(32-14(17)3)8-7-11-25-19-20(23(30)22(19)29)26-18-10-6-9-16(21(18)28)24(31)27(4)5/h6,9-10,12-13,25-26,28H,7-8,11H2,1-5H3.